The minimum Gasteiger partial charge on any atom is -0.317 e. The van der Waals surface area contributed by atoms with Crippen LogP contribution in [0, 0.1) is 0 Å². The van der Waals surface area contributed by atoms with Crippen LogP contribution < -0.4 is 0 Å². The van der Waals surface area contributed by atoms with Crippen LogP contribution in [0.15, 0.2) is 23.3 Å². The highest BCUT2D eigenvalue weighted by molar-refractivity contribution is 8.00. The first kappa shape index (κ1) is 17.7. The molecule has 5 N–H and O–H groups in total. The van der Waals surface area contributed by atoms with Crippen LogP contribution in [-0.4, -0.2) is 40.4 Å². The van der Waals surface area contributed by atoms with Crippen molar-refractivity contribution >= 4 is 39.2 Å². The number of rotatable bonds is 6. The van der Waals surface area contributed by atoms with Gasteiger partial charge in [-0.3, -0.25) is 0 Å². The molecule has 0 radical (unpaired) electrons. The molecule has 0 saturated heterocycles. The fourth-order valence-electron chi connectivity index (χ4n) is 1.32. The second kappa shape index (κ2) is 7.06. The first-order valence-electron chi connectivity index (χ1n) is 5.43. The smallest absolute Gasteiger partial charge is 0.317 e. The largest absolute Gasteiger partial charge is 0.469 e. The molecule has 0 spiro atoms. The van der Waals surface area contributed by atoms with Crippen LogP contribution >= 0.6 is 28.2 Å². The lowest BCUT2D eigenvalue weighted by Gasteiger charge is -2.07. The Morgan fingerprint density at radius 2 is 2.00 bits per heavy atom. The molecule has 112 valence electrons. The molecule has 0 aromatic carbocycles. The SMILES string of the molecule is O=P(O)(O)C(=Nc1ccc(CCCS)cn1)[P+](O)(O)O. The lowest BCUT2D eigenvalue weighted by Crippen LogP contribution is -2.06. The number of aromatic nitrogens is 1. The summed E-state index contributed by atoms with van der Waals surface area (Å²) in [5, 5.41) is -1.37. The number of aliphatic imine (C=N–C) groups is 1. The molecule has 1 aromatic rings. The summed E-state index contributed by atoms with van der Waals surface area (Å²) in [6.45, 7) is 0. The van der Waals surface area contributed by atoms with Gasteiger partial charge in [0.25, 0.3) is 0 Å². The van der Waals surface area contributed by atoms with Crippen molar-refractivity contribution in [1.29, 1.82) is 0 Å². The molecule has 0 aliphatic rings. The van der Waals surface area contributed by atoms with Gasteiger partial charge in [-0.05, 0) is 30.2 Å². The second-order valence-corrected chi connectivity index (χ2v) is 7.75. The summed E-state index contributed by atoms with van der Waals surface area (Å²) in [5.41, 5.74) is 0.883. The number of hydrogen-bond donors (Lipinski definition) is 6. The van der Waals surface area contributed by atoms with Gasteiger partial charge in [-0.1, -0.05) is 6.07 Å². The van der Waals surface area contributed by atoms with Crippen molar-refractivity contribution in [1.82, 2.24) is 4.98 Å². The molecule has 0 amide bonds. The predicted molar refractivity (Wildman–Crippen MR) is 79.1 cm³/mol. The van der Waals surface area contributed by atoms with Crippen molar-refractivity contribution in [3.05, 3.63) is 23.9 Å². The second-order valence-electron chi connectivity index (χ2n) is 3.88. The van der Waals surface area contributed by atoms with Gasteiger partial charge < -0.3 is 9.79 Å². The van der Waals surface area contributed by atoms with Crippen LogP contribution in [0.5, 0.6) is 0 Å². The Kier molecular flexibility index (Phi) is 6.25. The monoisotopic (exact) mass is 341 g/mol. The summed E-state index contributed by atoms with van der Waals surface area (Å²) in [7, 11) is -10.00. The van der Waals surface area contributed by atoms with Crippen LogP contribution in [-0.2, 0) is 11.0 Å². The van der Waals surface area contributed by atoms with Gasteiger partial charge in [0.2, 0.25) is 0 Å². The molecule has 1 heterocycles. The average Bonchev–Trinajstić information content (AvgIpc) is 2.32. The average molecular weight is 341 g/mol. The van der Waals surface area contributed by atoms with Crippen LogP contribution in [0.1, 0.15) is 12.0 Å². The van der Waals surface area contributed by atoms with E-state index in [-0.39, 0.29) is 5.82 Å². The Hall–Kier alpha value is -0.370. The van der Waals surface area contributed by atoms with Gasteiger partial charge in [-0.2, -0.15) is 32.3 Å². The van der Waals surface area contributed by atoms with Crippen molar-refractivity contribution in [2.45, 2.75) is 12.8 Å². The van der Waals surface area contributed by atoms with E-state index in [1.165, 1.54) is 12.3 Å². The number of aryl methyl sites for hydroxylation is 1. The minimum absolute atomic E-state index is 0.139. The van der Waals surface area contributed by atoms with Gasteiger partial charge in [-0.15, -0.1) is 0 Å². The van der Waals surface area contributed by atoms with E-state index in [1.807, 2.05) is 0 Å². The Morgan fingerprint density at radius 3 is 2.40 bits per heavy atom. The molecule has 0 unspecified atom stereocenters. The third-order valence-electron chi connectivity index (χ3n) is 2.18. The fraction of sp³-hybridized carbons (Fsp3) is 0.333. The molecular weight excluding hydrogens is 326 g/mol. The Labute approximate surface area is 121 Å². The molecule has 8 nitrogen and oxygen atoms in total. The van der Waals surface area contributed by atoms with E-state index in [0.29, 0.717) is 0 Å². The lowest BCUT2D eigenvalue weighted by atomic mass is 10.2. The van der Waals surface area contributed by atoms with Gasteiger partial charge in [0, 0.05) is 6.20 Å². The molecule has 0 aliphatic heterocycles. The maximum absolute atomic E-state index is 11.1. The normalized spacial score (nSPS) is 13.6. The molecule has 0 bridgehead atoms. The summed E-state index contributed by atoms with van der Waals surface area (Å²) in [6.07, 6.45) is 3.04. The molecule has 0 aliphatic carbocycles. The Morgan fingerprint density at radius 1 is 1.35 bits per heavy atom. The molecular formula is C9H15N2O6P2S+. The van der Waals surface area contributed by atoms with E-state index in [1.54, 1.807) is 6.07 Å². The topological polar surface area (TPSA) is 143 Å². The molecule has 0 atom stereocenters. The zero-order valence-electron chi connectivity index (χ0n) is 10.2. The van der Waals surface area contributed by atoms with E-state index < -0.39 is 20.7 Å². The van der Waals surface area contributed by atoms with Crippen LogP contribution in [0.25, 0.3) is 0 Å². The standard InChI is InChI=1S/C9H14N2O6P2S/c12-18(13,14)9(19(15,16)17)11-8-4-3-7(6-10-8)2-1-5-20/h3-4,6,12-14H,1-2,5H2,(H2-,15,16,17,20)/p+1. The van der Waals surface area contributed by atoms with E-state index >= 15 is 0 Å². The first-order chi connectivity index (χ1) is 9.14. The number of nitrogens with zero attached hydrogens (tertiary/aromatic N) is 2. The molecule has 20 heavy (non-hydrogen) atoms. The van der Waals surface area contributed by atoms with Crippen molar-refractivity contribution in [2.24, 2.45) is 4.99 Å². The van der Waals surface area contributed by atoms with E-state index in [9.17, 15) is 4.57 Å². The van der Waals surface area contributed by atoms with Gasteiger partial charge in [0.05, 0.1) is 0 Å². The van der Waals surface area contributed by atoms with E-state index in [2.05, 4.69) is 22.6 Å². The zero-order valence-corrected chi connectivity index (χ0v) is 12.9. The number of pyridine rings is 1. The van der Waals surface area contributed by atoms with Gasteiger partial charge >= 0.3 is 20.7 Å². The number of thiol groups is 1. The predicted octanol–water partition coefficient (Wildman–Crippen LogP) is 0.849. The van der Waals surface area contributed by atoms with Gasteiger partial charge in [0.1, 0.15) is 0 Å². The summed E-state index contributed by atoms with van der Waals surface area (Å²) < 4.78 is 11.1. The van der Waals surface area contributed by atoms with E-state index in [0.717, 1.165) is 24.2 Å². The fourth-order valence-corrected chi connectivity index (χ4v) is 3.35. The minimum atomic E-state index is -5.09. The van der Waals surface area contributed by atoms with Crippen LogP contribution in [0.3, 0.4) is 0 Å². The third kappa shape index (κ3) is 5.55. The molecule has 0 fully saturated rings. The highest BCUT2D eigenvalue weighted by Crippen LogP contribution is 2.60. The van der Waals surface area contributed by atoms with Crippen molar-refractivity contribution in [3.8, 4) is 0 Å². The van der Waals surface area contributed by atoms with E-state index in [4.69, 9.17) is 24.5 Å². The molecule has 1 rings (SSSR count). The number of hydrogen-bond acceptors (Lipinski definition) is 7. The van der Waals surface area contributed by atoms with Crippen molar-refractivity contribution in [2.75, 3.05) is 5.75 Å². The first-order valence-corrected chi connectivity index (χ1v) is 9.32. The summed E-state index contributed by atoms with van der Waals surface area (Å²) in [4.78, 5) is 52.1. The highest BCUT2D eigenvalue weighted by Gasteiger charge is 2.51. The maximum atomic E-state index is 11.1. The maximum Gasteiger partial charge on any atom is 0.469 e. The zero-order chi connectivity index (χ0) is 15.4. The molecule has 11 heteroatoms. The van der Waals surface area contributed by atoms with Crippen LogP contribution in [0.4, 0.5) is 5.82 Å². The Bertz CT molecular complexity index is 524. The summed E-state index contributed by atoms with van der Waals surface area (Å²) in [5.74, 6) is 0.578. The highest BCUT2D eigenvalue weighted by atomic mass is 32.1. The third-order valence-corrected chi connectivity index (χ3v) is 5.34. The van der Waals surface area contributed by atoms with Gasteiger partial charge in [-0.25, -0.2) is 9.55 Å². The van der Waals surface area contributed by atoms with Crippen LogP contribution in [0.2, 0.25) is 0 Å². The summed E-state index contributed by atoms with van der Waals surface area (Å²) in [6, 6.07) is 3.00. The van der Waals surface area contributed by atoms with Gasteiger partial charge in [0.15, 0.2) is 5.82 Å². The molecule has 1 aromatic heterocycles. The molecule has 0 saturated carbocycles. The quantitative estimate of drug-likeness (QED) is 0.256. The Balaban J connectivity index is 3.04. The summed E-state index contributed by atoms with van der Waals surface area (Å²) >= 11 is 4.07. The van der Waals surface area contributed by atoms with Crippen molar-refractivity contribution < 1.29 is 29.0 Å². The lowest BCUT2D eigenvalue weighted by molar-refractivity contribution is 0.349. The van der Waals surface area contributed by atoms with Crippen molar-refractivity contribution in [3.63, 3.8) is 0 Å².